The van der Waals surface area contributed by atoms with Crippen molar-refractivity contribution >= 4 is 5.97 Å². The summed E-state index contributed by atoms with van der Waals surface area (Å²) < 4.78 is 4.91. The van der Waals surface area contributed by atoms with Gasteiger partial charge in [0.1, 0.15) is 0 Å². The van der Waals surface area contributed by atoms with E-state index in [2.05, 4.69) is 4.98 Å². The van der Waals surface area contributed by atoms with Gasteiger partial charge in [0.2, 0.25) is 0 Å². The predicted molar refractivity (Wildman–Crippen MR) is 43.0 cm³/mol. The van der Waals surface area contributed by atoms with Gasteiger partial charge in [0.25, 0.3) is 0 Å². The molecule has 2 rings (SSSR count). The molecule has 62 valence electrons. The van der Waals surface area contributed by atoms with Crippen LogP contribution in [0.4, 0.5) is 0 Å². The average molecular weight is 163 g/mol. The third-order valence-corrected chi connectivity index (χ3v) is 2.04. The number of carbonyl (C=O) groups excluding carboxylic acids is 1. The predicted octanol–water partition coefficient (Wildman–Crippen LogP) is 1.10. The quantitative estimate of drug-likeness (QED) is 0.538. The first kappa shape index (κ1) is 7.28. The number of ether oxygens (including phenoxy) is 1. The van der Waals surface area contributed by atoms with Crippen LogP contribution < -0.4 is 0 Å². The number of esters is 1. The first-order chi connectivity index (χ1) is 5.79. The van der Waals surface area contributed by atoms with E-state index in [-0.39, 0.29) is 5.97 Å². The van der Waals surface area contributed by atoms with Gasteiger partial charge in [-0.1, -0.05) is 0 Å². The molecule has 0 N–H and O–H groups in total. The molecular weight excluding hydrogens is 154 g/mol. The number of carbonyl (C=O) groups is 1. The second-order valence-electron chi connectivity index (χ2n) is 2.82. The van der Waals surface area contributed by atoms with E-state index in [1.165, 1.54) is 0 Å². The highest BCUT2D eigenvalue weighted by molar-refractivity contribution is 5.93. The van der Waals surface area contributed by atoms with Crippen LogP contribution in [-0.4, -0.2) is 17.6 Å². The van der Waals surface area contributed by atoms with Crippen molar-refractivity contribution in [2.24, 2.45) is 0 Å². The summed E-state index contributed by atoms with van der Waals surface area (Å²) in [5.41, 5.74) is 2.47. The molecule has 2 heterocycles. The first-order valence-electron chi connectivity index (χ1n) is 3.90. The van der Waals surface area contributed by atoms with E-state index in [9.17, 15) is 4.79 Å². The molecule has 1 aliphatic rings. The highest BCUT2D eigenvalue weighted by Gasteiger charge is 2.20. The molecular formula is C9H9NO2. The Morgan fingerprint density at radius 2 is 2.42 bits per heavy atom. The van der Waals surface area contributed by atoms with Crippen LogP contribution >= 0.6 is 0 Å². The highest BCUT2D eigenvalue weighted by atomic mass is 16.5. The van der Waals surface area contributed by atoms with E-state index in [0.717, 1.165) is 17.7 Å². The molecule has 0 aliphatic carbocycles. The summed E-state index contributed by atoms with van der Waals surface area (Å²) in [5, 5.41) is 0. The summed E-state index contributed by atoms with van der Waals surface area (Å²) in [4.78, 5) is 15.3. The Balaban J connectivity index is 2.60. The molecule has 3 nitrogen and oxygen atoms in total. The monoisotopic (exact) mass is 163 g/mol. The van der Waals surface area contributed by atoms with Gasteiger partial charge in [-0.2, -0.15) is 0 Å². The molecule has 0 unspecified atom stereocenters. The van der Waals surface area contributed by atoms with Crippen LogP contribution in [0.3, 0.4) is 0 Å². The molecule has 0 fully saturated rings. The Morgan fingerprint density at radius 1 is 1.58 bits per heavy atom. The maximum absolute atomic E-state index is 11.2. The molecule has 0 radical (unpaired) electrons. The second-order valence-corrected chi connectivity index (χ2v) is 2.82. The summed E-state index contributed by atoms with van der Waals surface area (Å²) in [7, 11) is 0. The summed E-state index contributed by atoms with van der Waals surface area (Å²) in [6.07, 6.45) is 2.54. The molecule has 0 atom stereocenters. The van der Waals surface area contributed by atoms with Gasteiger partial charge < -0.3 is 4.74 Å². The molecule has 0 saturated carbocycles. The van der Waals surface area contributed by atoms with Crippen molar-refractivity contribution in [2.75, 3.05) is 6.61 Å². The molecule has 1 aromatic rings. The third-order valence-electron chi connectivity index (χ3n) is 2.04. The van der Waals surface area contributed by atoms with Crippen molar-refractivity contribution in [1.82, 2.24) is 4.98 Å². The van der Waals surface area contributed by atoms with Crippen LogP contribution in [0.2, 0.25) is 0 Å². The standard InChI is InChI=1S/C9H9NO2/c1-6-8-7(2-4-10-6)3-5-12-9(8)11/h2,4H,3,5H2,1H3. The Hall–Kier alpha value is -1.38. The van der Waals surface area contributed by atoms with Crippen LogP contribution in [0.1, 0.15) is 21.6 Å². The lowest BCUT2D eigenvalue weighted by molar-refractivity contribution is 0.0478. The van der Waals surface area contributed by atoms with Crippen molar-refractivity contribution in [1.29, 1.82) is 0 Å². The number of pyridine rings is 1. The highest BCUT2D eigenvalue weighted by Crippen LogP contribution is 2.17. The molecule has 0 saturated heterocycles. The smallest absolute Gasteiger partial charge is 0.340 e. The molecule has 1 aliphatic heterocycles. The normalized spacial score (nSPS) is 15.2. The van der Waals surface area contributed by atoms with Gasteiger partial charge in [-0.05, 0) is 18.6 Å². The van der Waals surface area contributed by atoms with E-state index in [0.29, 0.717) is 12.2 Å². The van der Waals surface area contributed by atoms with Gasteiger partial charge in [0.05, 0.1) is 17.9 Å². The zero-order valence-corrected chi connectivity index (χ0v) is 6.83. The van der Waals surface area contributed by atoms with Crippen LogP contribution in [-0.2, 0) is 11.2 Å². The second kappa shape index (κ2) is 2.59. The fourth-order valence-corrected chi connectivity index (χ4v) is 1.43. The van der Waals surface area contributed by atoms with Gasteiger partial charge in [0, 0.05) is 12.6 Å². The molecule has 0 aromatic carbocycles. The topological polar surface area (TPSA) is 39.2 Å². The molecule has 1 aromatic heterocycles. The molecule has 0 amide bonds. The maximum Gasteiger partial charge on any atom is 0.340 e. The van der Waals surface area contributed by atoms with Gasteiger partial charge in [-0.3, -0.25) is 4.98 Å². The van der Waals surface area contributed by atoms with Crippen molar-refractivity contribution < 1.29 is 9.53 Å². The summed E-state index contributed by atoms with van der Waals surface area (Å²) >= 11 is 0. The summed E-state index contributed by atoms with van der Waals surface area (Å²) in [6.45, 7) is 2.32. The van der Waals surface area contributed by atoms with Crippen molar-refractivity contribution in [2.45, 2.75) is 13.3 Å². The molecule has 12 heavy (non-hydrogen) atoms. The van der Waals surface area contributed by atoms with Crippen LogP contribution in [0.15, 0.2) is 12.3 Å². The zero-order chi connectivity index (χ0) is 8.55. The third kappa shape index (κ3) is 0.978. The number of aromatic nitrogens is 1. The van der Waals surface area contributed by atoms with Crippen molar-refractivity contribution in [3.63, 3.8) is 0 Å². The Bertz CT molecular complexity index is 333. The van der Waals surface area contributed by atoms with Crippen LogP contribution in [0, 0.1) is 6.92 Å². The van der Waals surface area contributed by atoms with E-state index >= 15 is 0 Å². The number of aryl methyl sites for hydroxylation is 1. The van der Waals surface area contributed by atoms with Gasteiger partial charge in [-0.25, -0.2) is 4.79 Å². The Labute approximate surface area is 70.4 Å². The number of rotatable bonds is 0. The SMILES string of the molecule is Cc1nccc2c1C(=O)OCC2. The lowest BCUT2D eigenvalue weighted by Crippen LogP contribution is -2.19. The van der Waals surface area contributed by atoms with Crippen LogP contribution in [0.25, 0.3) is 0 Å². The number of cyclic esters (lactones) is 1. The number of fused-ring (bicyclic) bond motifs is 1. The van der Waals surface area contributed by atoms with Gasteiger partial charge in [0.15, 0.2) is 0 Å². The number of hydrogen-bond acceptors (Lipinski definition) is 3. The van der Waals surface area contributed by atoms with Gasteiger partial charge >= 0.3 is 5.97 Å². The first-order valence-corrected chi connectivity index (χ1v) is 3.90. The minimum atomic E-state index is -0.234. The van der Waals surface area contributed by atoms with E-state index in [4.69, 9.17) is 4.74 Å². The number of hydrogen-bond donors (Lipinski definition) is 0. The lowest BCUT2D eigenvalue weighted by Gasteiger charge is -2.16. The summed E-state index contributed by atoms with van der Waals surface area (Å²) in [5.74, 6) is -0.234. The fourth-order valence-electron chi connectivity index (χ4n) is 1.43. The Kier molecular flexibility index (Phi) is 1.57. The molecule has 3 heteroatoms. The van der Waals surface area contributed by atoms with E-state index in [1.54, 1.807) is 6.20 Å². The van der Waals surface area contributed by atoms with Gasteiger partial charge in [-0.15, -0.1) is 0 Å². The molecule has 0 spiro atoms. The van der Waals surface area contributed by atoms with E-state index < -0.39 is 0 Å². The minimum Gasteiger partial charge on any atom is -0.462 e. The van der Waals surface area contributed by atoms with Crippen molar-refractivity contribution in [3.8, 4) is 0 Å². The van der Waals surface area contributed by atoms with E-state index in [1.807, 2.05) is 13.0 Å². The van der Waals surface area contributed by atoms with Crippen LogP contribution in [0.5, 0.6) is 0 Å². The average Bonchev–Trinajstić information content (AvgIpc) is 2.04. The zero-order valence-electron chi connectivity index (χ0n) is 6.83. The minimum absolute atomic E-state index is 0.234. The number of nitrogens with zero attached hydrogens (tertiary/aromatic N) is 1. The van der Waals surface area contributed by atoms with Crippen molar-refractivity contribution in [3.05, 3.63) is 29.1 Å². The Morgan fingerprint density at radius 3 is 3.17 bits per heavy atom. The maximum atomic E-state index is 11.2. The fraction of sp³-hybridized carbons (Fsp3) is 0.333. The largest absolute Gasteiger partial charge is 0.462 e. The molecule has 0 bridgehead atoms. The summed E-state index contributed by atoms with van der Waals surface area (Å²) in [6, 6.07) is 1.88. The lowest BCUT2D eigenvalue weighted by atomic mass is 10.0.